The van der Waals surface area contributed by atoms with Gasteiger partial charge in [0.25, 0.3) is 5.69 Å². The maximum atomic E-state index is 12.0. The molecule has 0 fully saturated rings. The van der Waals surface area contributed by atoms with E-state index in [9.17, 15) is 14.9 Å². The Morgan fingerprint density at radius 3 is 2.67 bits per heavy atom. The van der Waals surface area contributed by atoms with Gasteiger partial charge in [0.15, 0.2) is 0 Å². The number of thioether (sulfide) groups is 1. The number of nitro benzene ring substituents is 1. The fourth-order valence-corrected chi connectivity index (χ4v) is 2.59. The summed E-state index contributed by atoms with van der Waals surface area (Å²) in [7, 11) is 0. The number of ether oxygens (including phenoxy) is 2. The number of hydrogen-bond donors (Lipinski definition) is 0. The lowest BCUT2D eigenvalue weighted by molar-refractivity contribution is -0.387. The van der Waals surface area contributed by atoms with Crippen molar-refractivity contribution in [3.63, 3.8) is 0 Å². The number of rotatable bonds is 7. The van der Waals surface area contributed by atoms with Gasteiger partial charge in [0.05, 0.1) is 15.4 Å². The minimum atomic E-state index is -0.612. The van der Waals surface area contributed by atoms with Crippen LogP contribution in [0.4, 0.5) is 5.69 Å². The van der Waals surface area contributed by atoms with Gasteiger partial charge >= 0.3 is 5.97 Å². The van der Waals surface area contributed by atoms with Crippen LogP contribution in [0.2, 0.25) is 0 Å². The van der Waals surface area contributed by atoms with Crippen LogP contribution < -0.4 is 4.74 Å². The molecule has 0 aliphatic heterocycles. The average Bonchev–Trinajstić information content (AvgIpc) is 2.58. The average molecular weight is 347 g/mol. The molecule has 0 atom stereocenters. The molecule has 0 heterocycles. The van der Waals surface area contributed by atoms with E-state index in [1.165, 1.54) is 23.9 Å². The highest BCUT2D eigenvalue weighted by Crippen LogP contribution is 2.28. The number of nitrogens with zero attached hydrogens (tertiary/aromatic N) is 1. The van der Waals surface area contributed by atoms with Gasteiger partial charge in [-0.05, 0) is 43.0 Å². The van der Waals surface area contributed by atoms with E-state index in [1.54, 1.807) is 12.3 Å². The van der Waals surface area contributed by atoms with Crippen molar-refractivity contribution in [3.05, 3.63) is 63.7 Å². The van der Waals surface area contributed by atoms with Crippen LogP contribution in [0, 0.1) is 17.0 Å². The zero-order valence-corrected chi connectivity index (χ0v) is 14.2. The SMILES string of the molecule is CSc1ccc(C(=O)OCCOc2cccc(C)c2)cc1[N+](=O)[O-]. The first kappa shape index (κ1) is 17.8. The van der Waals surface area contributed by atoms with Crippen molar-refractivity contribution in [2.24, 2.45) is 0 Å². The molecule has 0 aliphatic carbocycles. The molecule has 0 aromatic heterocycles. The molecular weight excluding hydrogens is 330 g/mol. The fourth-order valence-electron chi connectivity index (χ4n) is 2.04. The van der Waals surface area contributed by atoms with Gasteiger partial charge in [0.1, 0.15) is 19.0 Å². The van der Waals surface area contributed by atoms with E-state index in [2.05, 4.69) is 0 Å². The molecule has 24 heavy (non-hydrogen) atoms. The summed E-state index contributed by atoms with van der Waals surface area (Å²) in [5.74, 6) is 0.0876. The molecule has 2 aromatic carbocycles. The third-order valence-corrected chi connectivity index (χ3v) is 3.97. The lowest BCUT2D eigenvalue weighted by atomic mass is 10.2. The molecule has 126 valence electrons. The Morgan fingerprint density at radius 2 is 2.00 bits per heavy atom. The number of carbonyl (C=O) groups is 1. The van der Waals surface area contributed by atoms with Crippen molar-refractivity contribution >= 4 is 23.4 Å². The maximum Gasteiger partial charge on any atom is 0.338 e. The molecular formula is C17H17NO5S. The van der Waals surface area contributed by atoms with E-state index in [-0.39, 0.29) is 24.5 Å². The molecule has 0 spiro atoms. The number of esters is 1. The minimum Gasteiger partial charge on any atom is -0.490 e. The lowest BCUT2D eigenvalue weighted by Crippen LogP contribution is -2.12. The summed E-state index contributed by atoms with van der Waals surface area (Å²) in [5.41, 5.74) is 1.12. The van der Waals surface area contributed by atoms with E-state index >= 15 is 0 Å². The summed E-state index contributed by atoms with van der Waals surface area (Å²) in [6.07, 6.45) is 1.74. The smallest absolute Gasteiger partial charge is 0.338 e. The number of aryl methyl sites for hydroxylation is 1. The summed E-state index contributed by atoms with van der Waals surface area (Å²) in [6.45, 7) is 2.23. The topological polar surface area (TPSA) is 78.7 Å². The Labute approximate surface area is 143 Å². The van der Waals surface area contributed by atoms with E-state index in [0.29, 0.717) is 10.6 Å². The molecule has 0 aliphatic rings. The molecule has 0 radical (unpaired) electrons. The molecule has 2 aromatic rings. The van der Waals surface area contributed by atoms with Crippen molar-refractivity contribution in [2.45, 2.75) is 11.8 Å². The van der Waals surface area contributed by atoms with Gasteiger partial charge in [0, 0.05) is 6.07 Å². The van der Waals surface area contributed by atoms with Gasteiger partial charge in [-0.2, -0.15) is 0 Å². The van der Waals surface area contributed by atoms with Crippen molar-refractivity contribution in [3.8, 4) is 5.75 Å². The second-order valence-electron chi connectivity index (χ2n) is 4.94. The first-order valence-corrected chi connectivity index (χ1v) is 8.42. The van der Waals surface area contributed by atoms with Gasteiger partial charge in [0.2, 0.25) is 0 Å². The quantitative estimate of drug-likeness (QED) is 0.249. The Hall–Kier alpha value is -2.54. The van der Waals surface area contributed by atoms with Crippen molar-refractivity contribution in [2.75, 3.05) is 19.5 Å². The lowest BCUT2D eigenvalue weighted by Gasteiger charge is -2.08. The van der Waals surface area contributed by atoms with Crippen molar-refractivity contribution < 1.29 is 19.2 Å². The molecule has 0 saturated heterocycles. The first-order valence-electron chi connectivity index (χ1n) is 7.20. The van der Waals surface area contributed by atoms with Crippen LogP contribution in [0.1, 0.15) is 15.9 Å². The van der Waals surface area contributed by atoms with Crippen LogP contribution in [0.25, 0.3) is 0 Å². The zero-order chi connectivity index (χ0) is 17.5. The van der Waals surface area contributed by atoms with E-state index in [0.717, 1.165) is 5.56 Å². The van der Waals surface area contributed by atoms with Crippen molar-refractivity contribution in [1.82, 2.24) is 0 Å². The number of hydrogen-bond acceptors (Lipinski definition) is 6. The highest BCUT2D eigenvalue weighted by molar-refractivity contribution is 7.98. The fraction of sp³-hybridized carbons (Fsp3) is 0.235. The number of benzene rings is 2. The Kier molecular flexibility index (Phi) is 6.20. The van der Waals surface area contributed by atoms with Gasteiger partial charge in [-0.15, -0.1) is 11.8 Å². The summed E-state index contributed by atoms with van der Waals surface area (Å²) < 4.78 is 10.6. The molecule has 7 heteroatoms. The standard InChI is InChI=1S/C17H17NO5S/c1-12-4-3-5-14(10-12)22-8-9-23-17(19)13-6-7-16(24-2)15(11-13)18(20)21/h3-7,10-11H,8-9H2,1-2H3. The van der Waals surface area contributed by atoms with Gasteiger partial charge in [-0.25, -0.2) is 4.79 Å². The van der Waals surface area contributed by atoms with Crippen LogP contribution in [0.3, 0.4) is 0 Å². The van der Waals surface area contributed by atoms with Crippen LogP contribution >= 0.6 is 11.8 Å². The van der Waals surface area contributed by atoms with Crippen LogP contribution in [-0.4, -0.2) is 30.4 Å². The molecule has 6 nitrogen and oxygen atoms in total. The summed E-state index contributed by atoms with van der Waals surface area (Å²) in [4.78, 5) is 23.0. The third-order valence-electron chi connectivity index (χ3n) is 3.19. The maximum absolute atomic E-state index is 12.0. The second-order valence-corrected chi connectivity index (χ2v) is 5.79. The molecule has 0 bridgehead atoms. The number of nitro groups is 1. The molecule has 0 unspecified atom stereocenters. The summed E-state index contributed by atoms with van der Waals surface area (Å²) >= 11 is 1.25. The van der Waals surface area contributed by atoms with Crippen LogP contribution in [0.5, 0.6) is 5.75 Å². The molecule has 0 N–H and O–H groups in total. The first-order chi connectivity index (χ1) is 11.5. The van der Waals surface area contributed by atoms with E-state index < -0.39 is 10.9 Å². The van der Waals surface area contributed by atoms with Crippen molar-refractivity contribution in [1.29, 1.82) is 0 Å². The summed E-state index contributed by atoms with van der Waals surface area (Å²) in [6, 6.07) is 11.8. The van der Waals surface area contributed by atoms with Gasteiger partial charge < -0.3 is 9.47 Å². The normalized spacial score (nSPS) is 10.2. The largest absolute Gasteiger partial charge is 0.490 e. The Bertz CT molecular complexity index is 748. The van der Waals surface area contributed by atoms with Gasteiger partial charge in [-0.1, -0.05) is 12.1 Å². The zero-order valence-electron chi connectivity index (χ0n) is 13.4. The Morgan fingerprint density at radius 1 is 1.21 bits per heavy atom. The van der Waals surface area contributed by atoms with Crippen LogP contribution in [0.15, 0.2) is 47.4 Å². The van der Waals surface area contributed by atoms with Crippen LogP contribution in [-0.2, 0) is 4.74 Å². The van der Waals surface area contributed by atoms with E-state index in [1.807, 2.05) is 31.2 Å². The third kappa shape index (κ3) is 4.73. The number of carbonyl (C=O) groups excluding carboxylic acids is 1. The highest BCUT2D eigenvalue weighted by Gasteiger charge is 2.17. The second kappa shape index (κ2) is 8.35. The Balaban J connectivity index is 1.90. The molecule has 0 saturated carbocycles. The molecule has 0 amide bonds. The molecule has 2 rings (SSSR count). The highest BCUT2D eigenvalue weighted by atomic mass is 32.2. The minimum absolute atomic E-state index is 0.0604. The predicted molar refractivity (Wildman–Crippen MR) is 91.8 cm³/mol. The van der Waals surface area contributed by atoms with E-state index in [4.69, 9.17) is 9.47 Å². The summed E-state index contributed by atoms with van der Waals surface area (Å²) in [5, 5.41) is 11.0. The monoisotopic (exact) mass is 347 g/mol. The predicted octanol–water partition coefficient (Wildman–Crippen LogP) is 3.86. The van der Waals surface area contributed by atoms with Gasteiger partial charge in [-0.3, -0.25) is 10.1 Å².